The van der Waals surface area contributed by atoms with E-state index in [1.54, 1.807) is 48.5 Å². The predicted molar refractivity (Wildman–Crippen MR) is 97.0 cm³/mol. The van der Waals surface area contributed by atoms with Crippen LogP contribution >= 0.6 is 0 Å². The third-order valence-electron chi connectivity index (χ3n) is 3.81. The second-order valence-electron chi connectivity index (χ2n) is 5.84. The van der Waals surface area contributed by atoms with E-state index in [9.17, 15) is 4.79 Å². The summed E-state index contributed by atoms with van der Waals surface area (Å²) in [7, 11) is 0. The van der Waals surface area contributed by atoms with Crippen LogP contribution in [0.25, 0.3) is 0 Å². The molecule has 0 saturated heterocycles. The van der Waals surface area contributed by atoms with Crippen molar-refractivity contribution in [2.75, 3.05) is 13.2 Å². The van der Waals surface area contributed by atoms with Crippen LogP contribution in [-0.4, -0.2) is 24.3 Å². The lowest BCUT2D eigenvalue weighted by atomic mass is 10.1. The molecular weight excluding hydrogens is 316 g/mol. The van der Waals surface area contributed by atoms with Gasteiger partial charge in [-0.3, -0.25) is 0 Å². The maximum absolute atomic E-state index is 12.0. The van der Waals surface area contributed by atoms with Gasteiger partial charge in [-0.25, -0.2) is 4.79 Å². The summed E-state index contributed by atoms with van der Waals surface area (Å²) in [5.41, 5.74) is 0.490. The smallest absolute Gasteiger partial charge is 0.343 e. The van der Waals surface area contributed by atoms with Crippen LogP contribution in [0.4, 0.5) is 0 Å². The van der Waals surface area contributed by atoms with Crippen LogP contribution in [0.5, 0.6) is 11.5 Å². The van der Waals surface area contributed by atoms with E-state index >= 15 is 0 Å². The number of ether oxygens (including phenoxy) is 2. The molecule has 4 heteroatoms. The Bertz CT molecular complexity index is 608. The fourth-order valence-electron chi connectivity index (χ4n) is 2.40. The maximum atomic E-state index is 12.0. The van der Waals surface area contributed by atoms with E-state index in [0.29, 0.717) is 17.9 Å². The molecule has 0 amide bonds. The fourth-order valence-corrected chi connectivity index (χ4v) is 2.40. The number of esters is 1. The minimum Gasteiger partial charge on any atom is -0.494 e. The molecule has 2 rings (SSSR count). The van der Waals surface area contributed by atoms with E-state index in [1.165, 1.54) is 6.42 Å². The number of rotatable bonds is 11. The lowest BCUT2D eigenvalue weighted by Gasteiger charge is -2.07. The van der Waals surface area contributed by atoms with Crippen LogP contribution in [0.2, 0.25) is 0 Å². The molecule has 0 aliphatic heterocycles. The molecule has 2 aromatic rings. The fraction of sp³-hybridized carbons (Fsp3) is 0.381. The first-order chi connectivity index (χ1) is 12.3. The van der Waals surface area contributed by atoms with Crippen molar-refractivity contribution in [1.29, 1.82) is 0 Å². The Labute approximate surface area is 149 Å². The molecule has 133 valence electrons. The SMILES string of the molecule is O=C(Oc1cc[c]cc1)c1ccc(OCCCCCCCCO)cc1. The Morgan fingerprint density at radius 2 is 1.48 bits per heavy atom. The van der Waals surface area contributed by atoms with Gasteiger partial charge in [0.05, 0.1) is 12.2 Å². The van der Waals surface area contributed by atoms with Gasteiger partial charge in [0.1, 0.15) is 11.5 Å². The first-order valence-electron chi connectivity index (χ1n) is 8.81. The lowest BCUT2D eigenvalue weighted by Crippen LogP contribution is -2.08. The molecule has 0 saturated carbocycles. The highest BCUT2D eigenvalue weighted by Crippen LogP contribution is 2.16. The van der Waals surface area contributed by atoms with Crippen LogP contribution in [0.3, 0.4) is 0 Å². The van der Waals surface area contributed by atoms with Crippen molar-refractivity contribution >= 4 is 5.97 Å². The zero-order valence-electron chi connectivity index (χ0n) is 14.4. The standard InChI is InChI=1S/C21H25O4/c22-16-8-3-1-2-4-9-17-24-19-14-12-18(13-15-19)21(23)25-20-10-6-5-7-11-20/h6-7,10-15,22H,1-4,8-9,16-17H2. The number of carbonyl (C=O) groups is 1. The van der Waals surface area contributed by atoms with Crippen LogP contribution < -0.4 is 9.47 Å². The highest BCUT2D eigenvalue weighted by atomic mass is 16.5. The monoisotopic (exact) mass is 341 g/mol. The van der Waals surface area contributed by atoms with Crippen molar-refractivity contribution in [2.24, 2.45) is 0 Å². The minimum atomic E-state index is -0.388. The van der Waals surface area contributed by atoms with Gasteiger partial charge in [-0.1, -0.05) is 37.8 Å². The Morgan fingerprint density at radius 3 is 2.16 bits per heavy atom. The summed E-state index contributed by atoms with van der Waals surface area (Å²) < 4.78 is 11.0. The van der Waals surface area contributed by atoms with Crippen LogP contribution in [0.1, 0.15) is 48.9 Å². The van der Waals surface area contributed by atoms with E-state index in [4.69, 9.17) is 14.6 Å². The Balaban J connectivity index is 1.66. The summed E-state index contributed by atoms with van der Waals surface area (Å²) in [6.45, 7) is 0.959. The topological polar surface area (TPSA) is 55.8 Å². The Morgan fingerprint density at radius 1 is 0.840 bits per heavy atom. The Hall–Kier alpha value is -2.33. The van der Waals surface area contributed by atoms with Crippen LogP contribution in [-0.2, 0) is 0 Å². The first kappa shape index (κ1) is 19.0. The zero-order valence-corrected chi connectivity index (χ0v) is 14.4. The van der Waals surface area contributed by atoms with Gasteiger partial charge in [0.2, 0.25) is 0 Å². The van der Waals surface area contributed by atoms with Gasteiger partial charge in [0.15, 0.2) is 0 Å². The number of aliphatic hydroxyl groups excluding tert-OH is 1. The highest BCUT2D eigenvalue weighted by molar-refractivity contribution is 5.91. The molecule has 0 atom stereocenters. The summed E-state index contributed by atoms with van der Waals surface area (Å²) in [6, 6.07) is 16.7. The molecular formula is C21H25O4. The summed E-state index contributed by atoms with van der Waals surface area (Å²) in [5.74, 6) is 0.870. The largest absolute Gasteiger partial charge is 0.494 e. The second kappa shape index (κ2) is 11.3. The molecule has 0 aliphatic carbocycles. The quantitative estimate of drug-likeness (QED) is 0.373. The summed E-state index contributed by atoms with van der Waals surface area (Å²) in [4.78, 5) is 12.0. The molecule has 0 heterocycles. The number of unbranched alkanes of at least 4 members (excludes halogenated alkanes) is 5. The van der Waals surface area contributed by atoms with Crippen LogP contribution in [0, 0.1) is 6.07 Å². The first-order valence-corrected chi connectivity index (χ1v) is 8.81. The average Bonchev–Trinajstić information content (AvgIpc) is 2.65. The predicted octanol–water partition coefficient (Wildman–Crippen LogP) is 4.42. The van der Waals surface area contributed by atoms with Gasteiger partial charge in [-0.05, 0) is 55.3 Å². The number of aliphatic hydroxyl groups is 1. The van der Waals surface area contributed by atoms with Gasteiger partial charge in [-0.2, -0.15) is 0 Å². The van der Waals surface area contributed by atoms with Crippen molar-refractivity contribution < 1.29 is 19.4 Å². The van der Waals surface area contributed by atoms with E-state index in [1.807, 2.05) is 0 Å². The van der Waals surface area contributed by atoms with E-state index in [0.717, 1.165) is 37.9 Å². The van der Waals surface area contributed by atoms with Crippen molar-refractivity contribution in [1.82, 2.24) is 0 Å². The summed E-state index contributed by atoms with van der Waals surface area (Å²) in [6.07, 6.45) is 6.46. The van der Waals surface area contributed by atoms with Crippen molar-refractivity contribution in [3.05, 3.63) is 60.2 Å². The second-order valence-corrected chi connectivity index (χ2v) is 5.84. The highest BCUT2D eigenvalue weighted by Gasteiger charge is 2.08. The maximum Gasteiger partial charge on any atom is 0.343 e. The molecule has 0 aromatic heterocycles. The number of hydrogen-bond acceptors (Lipinski definition) is 4. The van der Waals surface area contributed by atoms with E-state index in [2.05, 4.69) is 6.07 Å². The number of carbonyl (C=O) groups excluding carboxylic acids is 1. The molecule has 2 aromatic carbocycles. The summed E-state index contributed by atoms with van der Waals surface area (Å²) in [5, 5.41) is 8.71. The van der Waals surface area contributed by atoms with Gasteiger partial charge < -0.3 is 14.6 Å². The van der Waals surface area contributed by atoms with Crippen molar-refractivity contribution in [2.45, 2.75) is 38.5 Å². The van der Waals surface area contributed by atoms with E-state index in [-0.39, 0.29) is 12.6 Å². The third-order valence-corrected chi connectivity index (χ3v) is 3.81. The van der Waals surface area contributed by atoms with Gasteiger partial charge in [0, 0.05) is 6.61 Å². The van der Waals surface area contributed by atoms with Gasteiger partial charge in [-0.15, -0.1) is 0 Å². The lowest BCUT2D eigenvalue weighted by molar-refractivity contribution is 0.0734. The van der Waals surface area contributed by atoms with Gasteiger partial charge >= 0.3 is 5.97 Å². The average molecular weight is 341 g/mol. The molecule has 1 N–H and O–H groups in total. The van der Waals surface area contributed by atoms with E-state index < -0.39 is 0 Å². The molecule has 1 radical (unpaired) electrons. The normalized spacial score (nSPS) is 10.4. The molecule has 4 nitrogen and oxygen atoms in total. The zero-order chi connectivity index (χ0) is 17.7. The van der Waals surface area contributed by atoms with Crippen LogP contribution in [0.15, 0.2) is 48.5 Å². The van der Waals surface area contributed by atoms with Gasteiger partial charge in [0.25, 0.3) is 0 Å². The van der Waals surface area contributed by atoms with Crippen molar-refractivity contribution in [3.8, 4) is 11.5 Å². The molecule has 25 heavy (non-hydrogen) atoms. The minimum absolute atomic E-state index is 0.288. The third kappa shape index (κ3) is 7.40. The molecule has 0 unspecified atom stereocenters. The number of benzene rings is 2. The number of hydrogen-bond donors (Lipinski definition) is 1. The molecule has 0 fully saturated rings. The summed E-state index contributed by atoms with van der Waals surface area (Å²) >= 11 is 0. The Kier molecular flexibility index (Phi) is 8.56. The molecule has 0 aliphatic rings. The molecule has 0 bridgehead atoms. The van der Waals surface area contributed by atoms with Crippen molar-refractivity contribution in [3.63, 3.8) is 0 Å². The molecule has 0 spiro atoms.